The topological polar surface area (TPSA) is 66.8 Å². The number of furan rings is 2. The average molecular weight is 249 g/mol. The van der Waals surface area contributed by atoms with E-state index in [0.29, 0.717) is 18.8 Å². The van der Waals surface area contributed by atoms with Crippen molar-refractivity contribution < 1.29 is 18.7 Å². The summed E-state index contributed by atoms with van der Waals surface area (Å²) in [7, 11) is 1.88. The van der Waals surface area contributed by atoms with Crippen molar-refractivity contribution in [2.75, 3.05) is 7.05 Å². The van der Waals surface area contributed by atoms with Crippen molar-refractivity contribution in [2.45, 2.75) is 20.0 Å². The van der Waals surface area contributed by atoms with Gasteiger partial charge in [0, 0.05) is 0 Å². The van der Waals surface area contributed by atoms with Crippen LogP contribution in [0.3, 0.4) is 0 Å². The van der Waals surface area contributed by atoms with Crippen molar-refractivity contribution in [3.05, 3.63) is 47.3 Å². The van der Waals surface area contributed by atoms with E-state index in [4.69, 9.17) is 13.9 Å². The Morgan fingerprint density at radius 1 is 1.33 bits per heavy atom. The number of nitrogens with zero attached hydrogens (tertiary/aromatic N) is 1. The predicted molar refractivity (Wildman–Crippen MR) is 64.3 cm³/mol. The number of carboxylic acids is 1. The lowest BCUT2D eigenvalue weighted by molar-refractivity contribution is 0.0693. The summed E-state index contributed by atoms with van der Waals surface area (Å²) < 4.78 is 10.6. The molecule has 0 aliphatic rings. The maximum Gasteiger partial charge on any atom is 0.339 e. The van der Waals surface area contributed by atoms with Crippen LogP contribution in [0.2, 0.25) is 0 Å². The molecule has 0 aliphatic heterocycles. The first-order valence-corrected chi connectivity index (χ1v) is 5.60. The monoisotopic (exact) mass is 249 g/mol. The smallest absolute Gasteiger partial charge is 0.339 e. The molecule has 96 valence electrons. The largest absolute Gasteiger partial charge is 0.478 e. The summed E-state index contributed by atoms with van der Waals surface area (Å²) in [4.78, 5) is 12.9. The first kappa shape index (κ1) is 12.4. The fraction of sp³-hybridized carbons (Fsp3) is 0.308. The Bertz CT molecular complexity index is 541. The van der Waals surface area contributed by atoms with Crippen molar-refractivity contribution in [1.29, 1.82) is 0 Å². The maximum absolute atomic E-state index is 10.9. The summed E-state index contributed by atoms with van der Waals surface area (Å²) in [6.45, 7) is 2.92. The fourth-order valence-corrected chi connectivity index (χ4v) is 1.79. The van der Waals surface area contributed by atoms with Crippen LogP contribution in [0.4, 0.5) is 0 Å². The lowest BCUT2D eigenvalue weighted by Gasteiger charge is -2.13. The van der Waals surface area contributed by atoms with Crippen molar-refractivity contribution in [1.82, 2.24) is 4.90 Å². The molecule has 0 saturated heterocycles. The lowest BCUT2D eigenvalue weighted by Crippen LogP contribution is -2.18. The van der Waals surface area contributed by atoms with E-state index in [1.54, 1.807) is 0 Å². The van der Waals surface area contributed by atoms with Gasteiger partial charge >= 0.3 is 5.97 Å². The van der Waals surface area contributed by atoms with Crippen LogP contribution in [0.5, 0.6) is 0 Å². The van der Waals surface area contributed by atoms with Gasteiger partial charge in [0.2, 0.25) is 0 Å². The molecule has 0 fully saturated rings. The van der Waals surface area contributed by atoms with Crippen LogP contribution in [0.15, 0.2) is 33.3 Å². The van der Waals surface area contributed by atoms with Crippen LogP contribution in [0, 0.1) is 6.92 Å². The van der Waals surface area contributed by atoms with Crippen LogP contribution >= 0.6 is 0 Å². The van der Waals surface area contributed by atoms with E-state index < -0.39 is 5.97 Å². The Morgan fingerprint density at radius 3 is 2.72 bits per heavy atom. The molecule has 0 atom stereocenters. The molecule has 0 aliphatic carbocycles. The van der Waals surface area contributed by atoms with Gasteiger partial charge in [-0.15, -0.1) is 0 Å². The molecule has 0 spiro atoms. The fourth-order valence-electron chi connectivity index (χ4n) is 1.79. The Morgan fingerprint density at radius 2 is 2.11 bits per heavy atom. The summed E-state index contributed by atoms with van der Waals surface area (Å²) in [5.41, 5.74) is 0.206. The summed E-state index contributed by atoms with van der Waals surface area (Å²) >= 11 is 0. The van der Waals surface area contributed by atoms with Crippen LogP contribution < -0.4 is 0 Å². The third-order valence-corrected chi connectivity index (χ3v) is 2.61. The maximum atomic E-state index is 10.9. The molecule has 0 saturated carbocycles. The molecule has 2 rings (SSSR count). The Hall–Kier alpha value is -2.01. The molecule has 1 N–H and O–H groups in total. The van der Waals surface area contributed by atoms with E-state index in [-0.39, 0.29) is 5.56 Å². The molecule has 0 unspecified atom stereocenters. The molecule has 0 radical (unpaired) electrons. The van der Waals surface area contributed by atoms with Crippen LogP contribution in [-0.4, -0.2) is 23.0 Å². The van der Waals surface area contributed by atoms with Gasteiger partial charge in [-0.3, -0.25) is 4.90 Å². The van der Waals surface area contributed by atoms with E-state index >= 15 is 0 Å². The van der Waals surface area contributed by atoms with Gasteiger partial charge in [-0.1, -0.05) is 0 Å². The Kier molecular flexibility index (Phi) is 3.53. The zero-order valence-electron chi connectivity index (χ0n) is 10.3. The lowest BCUT2D eigenvalue weighted by atomic mass is 10.2. The minimum atomic E-state index is -0.971. The summed E-state index contributed by atoms with van der Waals surface area (Å²) in [6, 6.07) is 5.27. The zero-order chi connectivity index (χ0) is 13.1. The zero-order valence-corrected chi connectivity index (χ0v) is 10.3. The van der Waals surface area contributed by atoms with Crippen molar-refractivity contribution in [3.8, 4) is 0 Å². The molecular weight excluding hydrogens is 234 g/mol. The second-order valence-electron chi connectivity index (χ2n) is 4.25. The molecule has 5 heteroatoms. The molecular formula is C13H15NO4. The number of hydrogen-bond donors (Lipinski definition) is 1. The third kappa shape index (κ3) is 2.81. The van der Waals surface area contributed by atoms with Gasteiger partial charge in [-0.25, -0.2) is 4.79 Å². The highest BCUT2D eigenvalue weighted by atomic mass is 16.4. The van der Waals surface area contributed by atoms with Gasteiger partial charge in [0.15, 0.2) is 0 Å². The van der Waals surface area contributed by atoms with Crippen molar-refractivity contribution in [3.63, 3.8) is 0 Å². The highest BCUT2D eigenvalue weighted by molar-refractivity contribution is 5.88. The first-order valence-electron chi connectivity index (χ1n) is 5.60. The van der Waals surface area contributed by atoms with E-state index in [1.165, 1.54) is 12.3 Å². The normalized spacial score (nSPS) is 11.1. The highest BCUT2D eigenvalue weighted by Crippen LogP contribution is 2.15. The quantitative estimate of drug-likeness (QED) is 0.881. The second kappa shape index (κ2) is 5.10. The molecule has 0 aromatic carbocycles. The molecule has 2 aromatic rings. The minimum absolute atomic E-state index is 0.206. The van der Waals surface area contributed by atoms with E-state index in [0.717, 1.165) is 11.5 Å². The number of rotatable bonds is 5. The number of carboxylic acid groups (broad SMARTS) is 1. The standard InChI is InChI=1S/C13H15NO4/c1-9-3-4-10(18-9)7-14(2)8-12-11(13(15)16)5-6-17-12/h3-6H,7-8H2,1-2H3,(H,15,16). The average Bonchev–Trinajstić information content (AvgIpc) is 2.87. The molecule has 2 heterocycles. The molecule has 18 heavy (non-hydrogen) atoms. The Labute approximate surface area is 105 Å². The van der Waals surface area contributed by atoms with Gasteiger partial charge in [0.05, 0.1) is 19.4 Å². The van der Waals surface area contributed by atoms with Gasteiger partial charge in [0.1, 0.15) is 22.8 Å². The SMILES string of the molecule is Cc1ccc(CN(C)Cc2occc2C(=O)O)o1. The van der Waals surface area contributed by atoms with Gasteiger partial charge in [-0.05, 0) is 32.2 Å². The molecule has 0 amide bonds. The predicted octanol–water partition coefficient (Wildman–Crippen LogP) is 2.51. The number of aromatic carboxylic acids is 1. The van der Waals surface area contributed by atoms with Crippen LogP contribution in [0.1, 0.15) is 27.6 Å². The number of aryl methyl sites for hydroxylation is 1. The minimum Gasteiger partial charge on any atom is -0.478 e. The van der Waals surface area contributed by atoms with Gasteiger partial charge in [0.25, 0.3) is 0 Å². The van der Waals surface area contributed by atoms with Crippen LogP contribution in [-0.2, 0) is 13.1 Å². The number of hydrogen-bond acceptors (Lipinski definition) is 4. The number of carbonyl (C=O) groups is 1. The van der Waals surface area contributed by atoms with Crippen molar-refractivity contribution in [2.24, 2.45) is 0 Å². The highest BCUT2D eigenvalue weighted by Gasteiger charge is 2.15. The summed E-state index contributed by atoms with van der Waals surface area (Å²) in [5.74, 6) is 1.19. The van der Waals surface area contributed by atoms with Crippen LogP contribution in [0.25, 0.3) is 0 Å². The summed E-state index contributed by atoms with van der Waals surface area (Å²) in [5, 5.41) is 8.96. The van der Waals surface area contributed by atoms with Crippen molar-refractivity contribution >= 4 is 5.97 Å². The summed E-state index contributed by atoms with van der Waals surface area (Å²) in [6.07, 6.45) is 1.39. The van der Waals surface area contributed by atoms with E-state index in [9.17, 15) is 4.79 Å². The second-order valence-corrected chi connectivity index (χ2v) is 4.25. The van der Waals surface area contributed by atoms with Gasteiger partial charge in [-0.2, -0.15) is 0 Å². The van der Waals surface area contributed by atoms with E-state index in [1.807, 2.05) is 31.0 Å². The first-order chi connectivity index (χ1) is 8.56. The van der Waals surface area contributed by atoms with Gasteiger partial charge < -0.3 is 13.9 Å². The van der Waals surface area contributed by atoms with E-state index in [2.05, 4.69) is 0 Å². The molecule has 0 bridgehead atoms. The Balaban J connectivity index is 2.00. The molecule has 5 nitrogen and oxygen atoms in total. The third-order valence-electron chi connectivity index (χ3n) is 2.61. The molecule has 2 aromatic heterocycles.